The SMILES string of the molecule is CC(C)CN(C1CC1)C1(C(=O)O)CCSC1. The number of carboxylic acids is 1. The summed E-state index contributed by atoms with van der Waals surface area (Å²) in [6.07, 6.45) is 3.19. The smallest absolute Gasteiger partial charge is 0.325 e. The van der Waals surface area contributed by atoms with Crippen molar-refractivity contribution in [2.24, 2.45) is 5.92 Å². The molecule has 1 heterocycles. The van der Waals surface area contributed by atoms with E-state index < -0.39 is 11.5 Å². The van der Waals surface area contributed by atoms with Gasteiger partial charge in [-0.3, -0.25) is 9.69 Å². The van der Waals surface area contributed by atoms with E-state index in [-0.39, 0.29) is 0 Å². The summed E-state index contributed by atoms with van der Waals surface area (Å²) in [4.78, 5) is 13.9. The quantitative estimate of drug-likeness (QED) is 0.802. The van der Waals surface area contributed by atoms with Crippen molar-refractivity contribution in [2.75, 3.05) is 18.1 Å². The van der Waals surface area contributed by atoms with Crippen LogP contribution in [0.5, 0.6) is 0 Å². The van der Waals surface area contributed by atoms with E-state index in [0.717, 1.165) is 24.5 Å². The molecule has 92 valence electrons. The highest BCUT2D eigenvalue weighted by atomic mass is 32.2. The van der Waals surface area contributed by atoms with E-state index in [0.29, 0.717) is 12.0 Å². The van der Waals surface area contributed by atoms with Gasteiger partial charge < -0.3 is 5.11 Å². The molecule has 0 amide bonds. The molecule has 1 aliphatic carbocycles. The van der Waals surface area contributed by atoms with Crippen molar-refractivity contribution in [3.05, 3.63) is 0 Å². The van der Waals surface area contributed by atoms with Crippen LogP contribution in [-0.4, -0.2) is 45.6 Å². The van der Waals surface area contributed by atoms with Crippen molar-refractivity contribution in [1.29, 1.82) is 0 Å². The van der Waals surface area contributed by atoms with E-state index in [4.69, 9.17) is 0 Å². The minimum Gasteiger partial charge on any atom is -0.480 e. The molecule has 2 aliphatic rings. The standard InChI is InChI=1S/C12H21NO2S/c1-9(2)7-13(10-3-4-10)12(11(14)15)5-6-16-8-12/h9-10H,3-8H2,1-2H3,(H,14,15). The molecule has 2 rings (SSSR count). The lowest BCUT2D eigenvalue weighted by atomic mass is 9.94. The van der Waals surface area contributed by atoms with Gasteiger partial charge in [-0.25, -0.2) is 0 Å². The minimum absolute atomic E-state index is 0.539. The second-order valence-corrected chi connectivity index (χ2v) is 6.52. The van der Waals surface area contributed by atoms with Gasteiger partial charge in [-0.1, -0.05) is 13.8 Å². The van der Waals surface area contributed by atoms with Crippen LogP contribution in [0.3, 0.4) is 0 Å². The van der Waals surface area contributed by atoms with Crippen molar-refractivity contribution in [1.82, 2.24) is 4.90 Å². The van der Waals surface area contributed by atoms with Gasteiger partial charge in [-0.05, 0) is 30.9 Å². The fourth-order valence-electron chi connectivity index (χ4n) is 2.53. The molecule has 4 heteroatoms. The number of rotatable bonds is 5. The van der Waals surface area contributed by atoms with Crippen molar-refractivity contribution < 1.29 is 9.90 Å². The highest BCUT2D eigenvalue weighted by Crippen LogP contribution is 2.41. The molecule has 0 aromatic heterocycles. The average Bonchev–Trinajstić information content (AvgIpc) is 2.91. The molecular weight excluding hydrogens is 222 g/mol. The first-order chi connectivity index (χ1) is 7.56. The van der Waals surface area contributed by atoms with E-state index in [1.807, 2.05) is 0 Å². The zero-order chi connectivity index (χ0) is 11.8. The van der Waals surface area contributed by atoms with Crippen LogP contribution in [-0.2, 0) is 4.79 Å². The molecule has 1 atom stereocenters. The monoisotopic (exact) mass is 243 g/mol. The van der Waals surface area contributed by atoms with Crippen LogP contribution in [0.25, 0.3) is 0 Å². The number of hydrogen-bond acceptors (Lipinski definition) is 3. The third kappa shape index (κ3) is 2.23. The predicted molar refractivity (Wildman–Crippen MR) is 66.9 cm³/mol. The summed E-state index contributed by atoms with van der Waals surface area (Å²) in [5.41, 5.74) is -0.559. The Morgan fingerprint density at radius 2 is 2.25 bits per heavy atom. The number of thioether (sulfide) groups is 1. The summed E-state index contributed by atoms with van der Waals surface area (Å²) in [7, 11) is 0. The van der Waals surface area contributed by atoms with Gasteiger partial charge in [0.05, 0.1) is 0 Å². The molecule has 1 N–H and O–H groups in total. The highest BCUT2D eigenvalue weighted by molar-refractivity contribution is 7.99. The number of carbonyl (C=O) groups is 1. The number of hydrogen-bond donors (Lipinski definition) is 1. The van der Waals surface area contributed by atoms with Gasteiger partial charge in [0.25, 0.3) is 0 Å². The van der Waals surface area contributed by atoms with Gasteiger partial charge in [-0.15, -0.1) is 0 Å². The first-order valence-corrected chi connectivity index (χ1v) is 7.29. The van der Waals surface area contributed by atoms with Gasteiger partial charge in [-0.2, -0.15) is 11.8 Å². The minimum atomic E-state index is -0.606. The lowest BCUT2D eigenvalue weighted by molar-refractivity contribution is -0.150. The van der Waals surface area contributed by atoms with E-state index in [1.165, 1.54) is 12.8 Å². The maximum absolute atomic E-state index is 11.6. The highest BCUT2D eigenvalue weighted by Gasteiger charge is 2.51. The van der Waals surface area contributed by atoms with Gasteiger partial charge in [0.1, 0.15) is 5.54 Å². The Hall–Kier alpha value is -0.220. The third-order valence-corrected chi connectivity index (χ3v) is 4.67. The van der Waals surface area contributed by atoms with Crippen molar-refractivity contribution in [3.8, 4) is 0 Å². The molecular formula is C12H21NO2S. The predicted octanol–water partition coefficient (Wildman–Crippen LogP) is 2.07. The summed E-state index contributed by atoms with van der Waals surface area (Å²) < 4.78 is 0. The summed E-state index contributed by atoms with van der Waals surface area (Å²) in [6.45, 7) is 5.28. The lowest BCUT2D eigenvalue weighted by Crippen LogP contribution is -2.57. The first kappa shape index (κ1) is 12.2. The van der Waals surface area contributed by atoms with Crippen LogP contribution in [0.2, 0.25) is 0 Å². The number of nitrogens with zero attached hydrogens (tertiary/aromatic N) is 1. The molecule has 0 radical (unpaired) electrons. The zero-order valence-corrected chi connectivity index (χ0v) is 10.9. The summed E-state index contributed by atoms with van der Waals surface area (Å²) in [5, 5.41) is 9.57. The Kier molecular flexibility index (Phi) is 3.50. The van der Waals surface area contributed by atoms with Crippen LogP contribution < -0.4 is 0 Å². The number of aliphatic carboxylic acids is 1. The van der Waals surface area contributed by atoms with Crippen molar-refractivity contribution in [2.45, 2.75) is 44.7 Å². The lowest BCUT2D eigenvalue weighted by Gasteiger charge is -2.38. The van der Waals surface area contributed by atoms with Crippen LogP contribution in [0.15, 0.2) is 0 Å². The van der Waals surface area contributed by atoms with Crippen LogP contribution in [0.1, 0.15) is 33.1 Å². The largest absolute Gasteiger partial charge is 0.480 e. The molecule has 0 spiro atoms. The fourth-order valence-corrected chi connectivity index (χ4v) is 3.92. The van der Waals surface area contributed by atoms with Gasteiger partial charge in [0.2, 0.25) is 0 Å². The molecule has 0 aromatic rings. The van der Waals surface area contributed by atoms with E-state index >= 15 is 0 Å². The average molecular weight is 243 g/mol. The summed E-state index contributed by atoms with van der Waals surface area (Å²) in [5.74, 6) is 1.70. The van der Waals surface area contributed by atoms with E-state index in [9.17, 15) is 9.90 Å². The van der Waals surface area contributed by atoms with Gasteiger partial charge in [0, 0.05) is 18.3 Å². The normalized spacial score (nSPS) is 30.2. The molecule has 1 saturated carbocycles. The molecule has 0 aromatic carbocycles. The molecule has 2 fully saturated rings. The molecule has 16 heavy (non-hydrogen) atoms. The fraction of sp³-hybridized carbons (Fsp3) is 0.917. The second kappa shape index (κ2) is 4.57. The summed E-state index contributed by atoms with van der Waals surface area (Å²) in [6, 6.07) is 0.539. The molecule has 1 saturated heterocycles. The van der Waals surface area contributed by atoms with E-state index in [1.54, 1.807) is 11.8 Å². The Labute approximate surface area is 102 Å². The van der Waals surface area contributed by atoms with Crippen LogP contribution in [0, 0.1) is 5.92 Å². The summed E-state index contributed by atoms with van der Waals surface area (Å²) >= 11 is 1.79. The molecule has 3 nitrogen and oxygen atoms in total. The molecule has 1 aliphatic heterocycles. The Morgan fingerprint density at radius 3 is 2.62 bits per heavy atom. The van der Waals surface area contributed by atoms with Crippen molar-refractivity contribution >= 4 is 17.7 Å². The second-order valence-electron chi connectivity index (χ2n) is 5.42. The molecule has 0 bridgehead atoms. The number of carboxylic acid groups (broad SMARTS) is 1. The molecule has 1 unspecified atom stereocenters. The maximum Gasteiger partial charge on any atom is 0.325 e. The Morgan fingerprint density at radius 1 is 1.56 bits per heavy atom. The van der Waals surface area contributed by atoms with E-state index in [2.05, 4.69) is 18.7 Å². The third-order valence-electron chi connectivity index (χ3n) is 3.50. The first-order valence-electron chi connectivity index (χ1n) is 6.14. The maximum atomic E-state index is 11.6. The Balaban J connectivity index is 2.17. The van der Waals surface area contributed by atoms with Gasteiger partial charge >= 0.3 is 5.97 Å². The zero-order valence-electron chi connectivity index (χ0n) is 10.1. The van der Waals surface area contributed by atoms with Gasteiger partial charge in [0.15, 0.2) is 0 Å². The topological polar surface area (TPSA) is 40.5 Å². The van der Waals surface area contributed by atoms with Crippen molar-refractivity contribution in [3.63, 3.8) is 0 Å². The van der Waals surface area contributed by atoms with Crippen LogP contribution >= 0.6 is 11.8 Å². The Bertz CT molecular complexity index is 270. The van der Waals surface area contributed by atoms with Crippen LogP contribution in [0.4, 0.5) is 0 Å².